The maximum Gasteiger partial charge on any atom is 0.114 e. The SMILES string of the molecule is COCc1csc(Cc2nc3ccccc3[nH]2)n1. The Labute approximate surface area is 109 Å². The molecule has 0 unspecified atom stereocenters. The van der Waals surface area contributed by atoms with E-state index in [2.05, 4.69) is 15.0 Å². The number of aromatic amines is 1. The largest absolute Gasteiger partial charge is 0.378 e. The van der Waals surface area contributed by atoms with E-state index in [1.54, 1.807) is 18.4 Å². The van der Waals surface area contributed by atoms with Crippen molar-refractivity contribution >= 4 is 22.4 Å². The van der Waals surface area contributed by atoms with E-state index in [-0.39, 0.29) is 0 Å². The van der Waals surface area contributed by atoms with Crippen molar-refractivity contribution in [2.75, 3.05) is 7.11 Å². The van der Waals surface area contributed by atoms with E-state index in [1.807, 2.05) is 29.6 Å². The van der Waals surface area contributed by atoms with Gasteiger partial charge in [0, 0.05) is 12.5 Å². The standard InChI is InChI=1S/C13H13N3OS/c1-17-7-9-8-18-13(14-9)6-12-15-10-4-2-3-5-11(10)16-12/h2-5,8H,6-7H2,1H3,(H,15,16). The summed E-state index contributed by atoms with van der Waals surface area (Å²) >= 11 is 1.64. The zero-order valence-electron chi connectivity index (χ0n) is 10.0. The van der Waals surface area contributed by atoms with Crippen LogP contribution in [0, 0.1) is 0 Å². The number of hydrogen-bond acceptors (Lipinski definition) is 4. The molecule has 1 aromatic carbocycles. The number of hydrogen-bond donors (Lipinski definition) is 1. The molecule has 0 aliphatic heterocycles. The molecule has 0 aliphatic carbocycles. The lowest BCUT2D eigenvalue weighted by Gasteiger charge is -1.92. The monoisotopic (exact) mass is 259 g/mol. The predicted molar refractivity (Wildman–Crippen MR) is 71.7 cm³/mol. The van der Waals surface area contributed by atoms with Crippen molar-refractivity contribution in [1.82, 2.24) is 15.0 Å². The van der Waals surface area contributed by atoms with Crippen LogP contribution in [0.2, 0.25) is 0 Å². The molecule has 0 aliphatic rings. The van der Waals surface area contributed by atoms with Crippen LogP contribution in [-0.4, -0.2) is 22.1 Å². The molecule has 0 saturated heterocycles. The van der Waals surface area contributed by atoms with E-state index in [4.69, 9.17) is 4.74 Å². The minimum absolute atomic E-state index is 0.566. The Morgan fingerprint density at radius 2 is 2.17 bits per heavy atom. The number of rotatable bonds is 4. The first-order valence-electron chi connectivity index (χ1n) is 5.71. The minimum Gasteiger partial charge on any atom is -0.378 e. The Morgan fingerprint density at radius 3 is 3.00 bits per heavy atom. The van der Waals surface area contributed by atoms with Crippen LogP contribution in [0.3, 0.4) is 0 Å². The number of H-pyrrole nitrogens is 1. The van der Waals surface area contributed by atoms with Gasteiger partial charge in [-0.2, -0.15) is 0 Å². The second-order valence-electron chi connectivity index (χ2n) is 4.04. The molecule has 2 aromatic heterocycles. The van der Waals surface area contributed by atoms with Crippen molar-refractivity contribution in [1.29, 1.82) is 0 Å². The summed E-state index contributed by atoms with van der Waals surface area (Å²) in [5.74, 6) is 0.953. The second kappa shape index (κ2) is 4.88. The van der Waals surface area contributed by atoms with Gasteiger partial charge in [-0.25, -0.2) is 9.97 Å². The van der Waals surface area contributed by atoms with Crippen LogP contribution in [-0.2, 0) is 17.8 Å². The highest BCUT2D eigenvalue weighted by Gasteiger charge is 2.06. The van der Waals surface area contributed by atoms with Gasteiger partial charge in [0.25, 0.3) is 0 Å². The molecule has 0 spiro atoms. The lowest BCUT2D eigenvalue weighted by Crippen LogP contribution is -1.92. The van der Waals surface area contributed by atoms with Gasteiger partial charge in [0.2, 0.25) is 0 Å². The predicted octanol–water partition coefficient (Wildman–Crippen LogP) is 2.76. The first kappa shape index (κ1) is 11.4. The van der Waals surface area contributed by atoms with Gasteiger partial charge >= 0.3 is 0 Å². The summed E-state index contributed by atoms with van der Waals surface area (Å²) in [4.78, 5) is 12.4. The number of imidazole rings is 1. The van der Waals surface area contributed by atoms with Crippen LogP contribution in [0.1, 0.15) is 16.5 Å². The number of methoxy groups -OCH3 is 1. The number of nitrogens with one attached hydrogen (secondary N) is 1. The summed E-state index contributed by atoms with van der Waals surface area (Å²) in [6, 6.07) is 8.04. The quantitative estimate of drug-likeness (QED) is 0.783. The third kappa shape index (κ3) is 2.27. The van der Waals surface area contributed by atoms with Crippen LogP contribution in [0.4, 0.5) is 0 Å². The topological polar surface area (TPSA) is 50.8 Å². The molecule has 0 radical (unpaired) electrons. The van der Waals surface area contributed by atoms with E-state index >= 15 is 0 Å². The van der Waals surface area contributed by atoms with E-state index in [9.17, 15) is 0 Å². The molecule has 4 nitrogen and oxygen atoms in total. The Kier molecular flexibility index (Phi) is 3.08. The van der Waals surface area contributed by atoms with Crippen LogP contribution in [0.15, 0.2) is 29.6 Å². The van der Waals surface area contributed by atoms with Gasteiger partial charge in [-0.05, 0) is 12.1 Å². The van der Waals surface area contributed by atoms with Crippen LogP contribution in [0.25, 0.3) is 11.0 Å². The number of nitrogens with zero attached hydrogens (tertiary/aromatic N) is 2. The number of ether oxygens (including phenoxy) is 1. The van der Waals surface area contributed by atoms with Gasteiger partial charge < -0.3 is 9.72 Å². The third-order valence-corrected chi connectivity index (χ3v) is 3.55. The normalized spacial score (nSPS) is 11.2. The van der Waals surface area contributed by atoms with Gasteiger partial charge in [-0.1, -0.05) is 12.1 Å². The van der Waals surface area contributed by atoms with Crippen molar-refractivity contribution in [2.45, 2.75) is 13.0 Å². The van der Waals surface area contributed by atoms with Crippen LogP contribution in [0.5, 0.6) is 0 Å². The number of fused-ring (bicyclic) bond motifs is 1. The zero-order chi connectivity index (χ0) is 12.4. The van der Waals surface area contributed by atoms with Crippen LogP contribution >= 0.6 is 11.3 Å². The fourth-order valence-electron chi connectivity index (χ4n) is 1.88. The van der Waals surface area contributed by atoms with Gasteiger partial charge in [-0.3, -0.25) is 0 Å². The van der Waals surface area contributed by atoms with Crippen LogP contribution < -0.4 is 0 Å². The minimum atomic E-state index is 0.566. The molecule has 0 bridgehead atoms. The Morgan fingerprint density at radius 1 is 1.28 bits per heavy atom. The van der Waals surface area contributed by atoms with E-state index in [1.165, 1.54) is 0 Å². The highest BCUT2D eigenvalue weighted by atomic mass is 32.1. The number of aromatic nitrogens is 3. The highest BCUT2D eigenvalue weighted by molar-refractivity contribution is 7.09. The van der Waals surface area contributed by atoms with Gasteiger partial charge in [0.1, 0.15) is 10.8 Å². The zero-order valence-corrected chi connectivity index (χ0v) is 10.8. The van der Waals surface area contributed by atoms with Crippen molar-refractivity contribution in [3.05, 3.63) is 46.2 Å². The molecular weight excluding hydrogens is 246 g/mol. The average Bonchev–Trinajstić information content (AvgIpc) is 2.96. The fraction of sp³-hybridized carbons (Fsp3) is 0.231. The molecule has 1 N–H and O–H groups in total. The van der Waals surface area contributed by atoms with Crippen molar-refractivity contribution in [3.63, 3.8) is 0 Å². The molecule has 0 saturated carbocycles. The summed E-state index contributed by atoms with van der Waals surface area (Å²) in [7, 11) is 1.68. The lowest BCUT2D eigenvalue weighted by atomic mass is 10.3. The fourth-order valence-corrected chi connectivity index (χ4v) is 2.66. The number of para-hydroxylation sites is 2. The second-order valence-corrected chi connectivity index (χ2v) is 4.99. The smallest absolute Gasteiger partial charge is 0.114 e. The Hall–Kier alpha value is -1.72. The summed E-state index contributed by atoms with van der Waals surface area (Å²) in [6.45, 7) is 0.566. The van der Waals surface area contributed by atoms with E-state index < -0.39 is 0 Å². The summed E-state index contributed by atoms with van der Waals surface area (Å²) in [5, 5.41) is 3.09. The van der Waals surface area contributed by atoms with Crippen molar-refractivity contribution in [3.8, 4) is 0 Å². The molecule has 3 rings (SSSR count). The maximum atomic E-state index is 5.06. The molecule has 3 aromatic rings. The first-order chi connectivity index (χ1) is 8.85. The lowest BCUT2D eigenvalue weighted by molar-refractivity contribution is 0.182. The van der Waals surface area contributed by atoms with Crippen molar-refractivity contribution in [2.24, 2.45) is 0 Å². The molecule has 18 heavy (non-hydrogen) atoms. The molecule has 92 valence electrons. The number of thiazole rings is 1. The molecule has 0 amide bonds. The maximum absolute atomic E-state index is 5.06. The molecule has 5 heteroatoms. The highest BCUT2D eigenvalue weighted by Crippen LogP contribution is 2.16. The molecule has 0 fully saturated rings. The van der Waals surface area contributed by atoms with E-state index in [0.29, 0.717) is 6.61 Å². The van der Waals surface area contributed by atoms with E-state index in [0.717, 1.165) is 34.0 Å². The summed E-state index contributed by atoms with van der Waals surface area (Å²) in [6.07, 6.45) is 0.739. The van der Waals surface area contributed by atoms with Crippen molar-refractivity contribution < 1.29 is 4.74 Å². The number of benzene rings is 1. The van der Waals surface area contributed by atoms with Gasteiger partial charge in [0.15, 0.2) is 0 Å². The van der Waals surface area contributed by atoms with Gasteiger partial charge in [-0.15, -0.1) is 11.3 Å². The molecule has 0 atom stereocenters. The Balaban J connectivity index is 1.82. The summed E-state index contributed by atoms with van der Waals surface area (Å²) in [5.41, 5.74) is 3.05. The third-order valence-electron chi connectivity index (χ3n) is 2.65. The molecular formula is C13H13N3OS. The van der Waals surface area contributed by atoms with Gasteiger partial charge in [0.05, 0.1) is 29.8 Å². The average molecular weight is 259 g/mol. The first-order valence-corrected chi connectivity index (χ1v) is 6.59. The Bertz CT molecular complexity index is 626. The summed E-state index contributed by atoms with van der Waals surface area (Å²) < 4.78 is 5.06. The molecule has 2 heterocycles.